The van der Waals surface area contributed by atoms with Crippen molar-refractivity contribution in [3.63, 3.8) is 0 Å². The normalized spacial score (nSPS) is 19.1. The van der Waals surface area contributed by atoms with E-state index >= 15 is 0 Å². The standard InChI is InChI=1S/C27H27F2N3O2/c1-16-9-18(28)3-7-22(16)25-17(2)13-32(30-25)20-11-27(12-20)14-31(15-27)26(33)23-8-4-19(29)10-24(23)34-21-5-6-21/h3-4,7-10,13,20-21H,5-6,11-12,14-15H2,1-2H3. The summed E-state index contributed by atoms with van der Waals surface area (Å²) in [7, 11) is 0. The molecule has 3 aromatic rings. The van der Waals surface area contributed by atoms with Crippen LogP contribution >= 0.6 is 0 Å². The third-order valence-corrected chi connectivity index (χ3v) is 7.40. The molecule has 2 aliphatic carbocycles. The van der Waals surface area contributed by atoms with Crippen LogP contribution in [0.15, 0.2) is 42.6 Å². The van der Waals surface area contributed by atoms with Gasteiger partial charge in [-0.25, -0.2) is 8.78 Å². The molecular weight excluding hydrogens is 436 g/mol. The predicted molar refractivity (Wildman–Crippen MR) is 124 cm³/mol. The van der Waals surface area contributed by atoms with Crippen molar-refractivity contribution in [1.29, 1.82) is 0 Å². The van der Waals surface area contributed by atoms with Crippen LogP contribution in [0.5, 0.6) is 5.75 Å². The number of halogens is 2. The lowest BCUT2D eigenvalue weighted by atomic mass is 9.60. The minimum absolute atomic E-state index is 0.0891. The molecule has 1 amide bonds. The van der Waals surface area contributed by atoms with E-state index in [4.69, 9.17) is 9.84 Å². The first-order chi connectivity index (χ1) is 16.3. The topological polar surface area (TPSA) is 47.4 Å². The molecule has 176 valence electrons. The van der Waals surface area contributed by atoms with Crippen molar-refractivity contribution < 1.29 is 18.3 Å². The van der Waals surface area contributed by atoms with E-state index in [1.807, 2.05) is 23.4 Å². The van der Waals surface area contributed by atoms with E-state index in [0.29, 0.717) is 30.4 Å². The van der Waals surface area contributed by atoms with Crippen LogP contribution in [0.1, 0.15) is 53.2 Å². The summed E-state index contributed by atoms with van der Waals surface area (Å²) in [4.78, 5) is 14.9. The zero-order valence-electron chi connectivity index (χ0n) is 19.4. The molecule has 0 bridgehead atoms. The molecule has 0 unspecified atom stereocenters. The molecule has 6 rings (SSSR count). The molecule has 7 heteroatoms. The minimum Gasteiger partial charge on any atom is -0.489 e. The molecule has 1 saturated heterocycles. The first-order valence-corrected chi connectivity index (χ1v) is 11.9. The third kappa shape index (κ3) is 3.67. The number of carbonyl (C=O) groups is 1. The highest BCUT2D eigenvalue weighted by atomic mass is 19.1. The van der Waals surface area contributed by atoms with E-state index in [0.717, 1.165) is 48.1 Å². The number of nitrogens with zero attached hydrogens (tertiary/aromatic N) is 3. The molecule has 1 spiro atoms. The minimum atomic E-state index is -0.390. The number of carbonyl (C=O) groups excluding carboxylic acids is 1. The molecular formula is C27H27F2N3O2. The van der Waals surface area contributed by atoms with Crippen molar-refractivity contribution in [2.75, 3.05) is 13.1 Å². The fourth-order valence-electron chi connectivity index (χ4n) is 5.43. The molecule has 1 aliphatic heterocycles. The molecule has 5 nitrogen and oxygen atoms in total. The van der Waals surface area contributed by atoms with E-state index in [1.54, 1.807) is 6.07 Å². The summed E-state index contributed by atoms with van der Waals surface area (Å²) in [5.41, 5.74) is 4.36. The first kappa shape index (κ1) is 21.3. The molecule has 2 saturated carbocycles. The Morgan fingerprint density at radius 2 is 1.74 bits per heavy atom. The Kier molecular flexibility index (Phi) is 4.80. The smallest absolute Gasteiger partial charge is 0.257 e. The number of amides is 1. The first-order valence-electron chi connectivity index (χ1n) is 11.9. The van der Waals surface area contributed by atoms with Crippen LogP contribution in [0, 0.1) is 30.9 Å². The van der Waals surface area contributed by atoms with Crippen molar-refractivity contribution in [3.05, 3.63) is 70.9 Å². The SMILES string of the molecule is Cc1cc(F)ccc1-c1nn(C2CC3(C2)CN(C(=O)c2ccc(F)cc2OC2CC2)C3)cc1C. The summed E-state index contributed by atoms with van der Waals surface area (Å²) in [6.45, 7) is 5.33. The van der Waals surface area contributed by atoms with Gasteiger partial charge in [0, 0.05) is 36.3 Å². The molecule has 0 atom stereocenters. The van der Waals surface area contributed by atoms with Gasteiger partial charge in [0.05, 0.1) is 23.4 Å². The second kappa shape index (κ2) is 7.65. The Morgan fingerprint density at radius 1 is 1.03 bits per heavy atom. The Balaban J connectivity index is 1.11. The monoisotopic (exact) mass is 463 g/mol. The molecule has 0 radical (unpaired) electrons. The molecule has 2 aromatic carbocycles. The van der Waals surface area contributed by atoms with Crippen LogP contribution in [-0.4, -0.2) is 39.8 Å². The van der Waals surface area contributed by atoms with E-state index in [9.17, 15) is 13.6 Å². The van der Waals surface area contributed by atoms with E-state index in [2.05, 4.69) is 6.20 Å². The van der Waals surface area contributed by atoms with E-state index in [1.165, 1.54) is 30.3 Å². The number of hydrogen-bond acceptors (Lipinski definition) is 3. The Morgan fingerprint density at radius 3 is 2.44 bits per heavy atom. The van der Waals surface area contributed by atoms with Crippen LogP contribution in [0.3, 0.4) is 0 Å². The summed E-state index contributed by atoms with van der Waals surface area (Å²) in [5.74, 6) is -0.363. The van der Waals surface area contributed by atoms with Gasteiger partial charge in [-0.3, -0.25) is 9.48 Å². The summed E-state index contributed by atoms with van der Waals surface area (Å²) >= 11 is 0. The summed E-state index contributed by atoms with van der Waals surface area (Å²) in [6.07, 6.45) is 6.01. The molecule has 3 aliphatic rings. The van der Waals surface area contributed by atoms with Gasteiger partial charge in [-0.1, -0.05) is 0 Å². The fourth-order valence-corrected chi connectivity index (χ4v) is 5.43. The molecule has 34 heavy (non-hydrogen) atoms. The Hall–Kier alpha value is -3.22. The lowest BCUT2D eigenvalue weighted by Gasteiger charge is -2.58. The van der Waals surface area contributed by atoms with Crippen molar-refractivity contribution in [2.45, 2.75) is 51.7 Å². The van der Waals surface area contributed by atoms with E-state index in [-0.39, 0.29) is 29.1 Å². The number of aryl methyl sites for hydroxylation is 2. The van der Waals surface area contributed by atoms with Crippen LogP contribution in [0.4, 0.5) is 8.78 Å². The molecule has 0 N–H and O–H groups in total. The van der Waals surface area contributed by atoms with Crippen molar-refractivity contribution in [2.24, 2.45) is 5.41 Å². The van der Waals surface area contributed by atoms with E-state index < -0.39 is 0 Å². The van der Waals surface area contributed by atoms with Gasteiger partial charge in [-0.15, -0.1) is 0 Å². The van der Waals surface area contributed by atoms with Gasteiger partial charge in [0.1, 0.15) is 17.4 Å². The van der Waals surface area contributed by atoms with Crippen molar-refractivity contribution >= 4 is 5.91 Å². The van der Waals surface area contributed by atoms with Crippen LogP contribution in [0.2, 0.25) is 0 Å². The number of likely N-dealkylation sites (tertiary alicyclic amines) is 1. The number of benzene rings is 2. The lowest BCUT2D eigenvalue weighted by molar-refractivity contribution is -0.0739. The van der Waals surface area contributed by atoms with Gasteiger partial charge in [0.2, 0.25) is 0 Å². The van der Waals surface area contributed by atoms with Gasteiger partial charge in [-0.2, -0.15) is 5.10 Å². The predicted octanol–water partition coefficient (Wildman–Crippen LogP) is 5.46. The highest BCUT2D eigenvalue weighted by molar-refractivity contribution is 5.97. The van der Waals surface area contributed by atoms with Gasteiger partial charge < -0.3 is 9.64 Å². The van der Waals surface area contributed by atoms with Crippen molar-refractivity contribution in [3.8, 4) is 17.0 Å². The number of rotatable bonds is 5. The maximum absolute atomic E-state index is 13.7. The second-order valence-electron chi connectivity index (χ2n) is 10.3. The van der Waals surface area contributed by atoms with Gasteiger partial charge in [-0.05, 0) is 81.0 Å². The summed E-state index contributed by atoms with van der Waals surface area (Å²) in [5, 5.41) is 4.83. The quantitative estimate of drug-likeness (QED) is 0.505. The highest BCUT2D eigenvalue weighted by Crippen LogP contribution is 2.54. The van der Waals surface area contributed by atoms with Crippen LogP contribution in [0.25, 0.3) is 11.3 Å². The molecule has 3 fully saturated rings. The number of aromatic nitrogens is 2. The Bertz CT molecular complexity index is 1280. The second-order valence-corrected chi connectivity index (χ2v) is 10.3. The average molecular weight is 464 g/mol. The summed E-state index contributed by atoms with van der Waals surface area (Å²) < 4.78 is 35.0. The largest absolute Gasteiger partial charge is 0.489 e. The van der Waals surface area contributed by atoms with Crippen molar-refractivity contribution in [1.82, 2.24) is 14.7 Å². The van der Waals surface area contributed by atoms with Crippen LogP contribution < -0.4 is 4.74 Å². The zero-order valence-corrected chi connectivity index (χ0v) is 19.4. The third-order valence-electron chi connectivity index (χ3n) is 7.40. The molecule has 1 aromatic heterocycles. The van der Waals surface area contributed by atoms with Gasteiger partial charge in [0.25, 0.3) is 5.91 Å². The number of hydrogen-bond donors (Lipinski definition) is 0. The lowest BCUT2D eigenvalue weighted by Crippen LogP contribution is -2.63. The summed E-state index contributed by atoms with van der Waals surface area (Å²) in [6, 6.07) is 9.28. The number of ether oxygens (including phenoxy) is 1. The zero-order chi connectivity index (χ0) is 23.6. The molecule has 2 heterocycles. The average Bonchev–Trinajstić information content (AvgIpc) is 3.46. The maximum atomic E-state index is 13.7. The fraction of sp³-hybridized carbons (Fsp3) is 0.407. The van der Waals surface area contributed by atoms with Crippen LogP contribution in [-0.2, 0) is 0 Å². The highest BCUT2D eigenvalue weighted by Gasteiger charge is 2.54. The van der Waals surface area contributed by atoms with Gasteiger partial charge in [0.15, 0.2) is 0 Å². The Labute approximate surface area is 197 Å². The maximum Gasteiger partial charge on any atom is 0.257 e. The van der Waals surface area contributed by atoms with Gasteiger partial charge >= 0.3 is 0 Å².